The first-order valence-electron chi connectivity index (χ1n) is 6.80. The number of aliphatic hydroxyl groups is 1. The van der Waals surface area contributed by atoms with Crippen molar-refractivity contribution in [2.45, 2.75) is 64.0 Å². The summed E-state index contributed by atoms with van der Waals surface area (Å²) in [5.41, 5.74) is 0. The van der Waals surface area contributed by atoms with Crippen LogP contribution in [-0.2, 0) is 0 Å². The fourth-order valence-corrected chi connectivity index (χ4v) is 2.13. The van der Waals surface area contributed by atoms with E-state index in [0.717, 1.165) is 38.1 Å². The van der Waals surface area contributed by atoms with Gasteiger partial charge >= 0.3 is 0 Å². The first-order valence-corrected chi connectivity index (χ1v) is 6.80. The van der Waals surface area contributed by atoms with Crippen molar-refractivity contribution in [1.82, 2.24) is 5.32 Å². The highest BCUT2D eigenvalue weighted by Gasteiger charge is 2.29. The number of hydrogen-bond acceptors (Lipinski definition) is 2. The van der Waals surface area contributed by atoms with Crippen molar-refractivity contribution in [3.05, 3.63) is 12.7 Å². The third kappa shape index (κ3) is 5.66. The van der Waals surface area contributed by atoms with Crippen molar-refractivity contribution in [1.29, 1.82) is 0 Å². The average Bonchev–Trinajstić information content (AvgIpc) is 3.11. The molecule has 0 radical (unpaired) electrons. The van der Waals surface area contributed by atoms with E-state index in [1.807, 2.05) is 13.0 Å². The van der Waals surface area contributed by atoms with Crippen molar-refractivity contribution in [3.63, 3.8) is 0 Å². The topological polar surface area (TPSA) is 32.3 Å². The van der Waals surface area contributed by atoms with E-state index in [1.54, 1.807) is 0 Å². The van der Waals surface area contributed by atoms with Crippen LogP contribution in [0.25, 0.3) is 0 Å². The van der Waals surface area contributed by atoms with Gasteiger partial charge in [0.2, 0.25) is 0 Å². The van der Waals surface area contributed by atoms with Gasteiger partial charge in [-0.15, -0.1) is 6.58 Å². The number of hydrogen-bond donors (Lipinski definition) is 2. The standard InChI is InChI=1S/C14H27NO/c1-3-5-8-14(12-9-10-12)15-11-6-7-13(16)4-2/h3,12-16H,1,4-11H2,2H3. The van der Waals surface area contributed by atoms with Crippen LogP contribution in [0.3, 0.4) is 0 Å². The van der Waals surface area contributed by atoms with E-state index >= 15 is 0 Å². The van der Waals surface area contributed by atoms with E-state index in [1.165, 1.54) is 19.3 Å². The fourth-order valence-electron chi connectivity index (χ4n) is 2.13. The minimum absolute atomic E-state index is 0.102. The van der Waals surface area contributed by atoms with E-state index in [0.29, 0.717) is 6.04 Å². The van der Waals surface area contributed by atoms with Crippen LogP contribution in [0.1, 0.15) is 51.9 Å². The second kappa shape index (κ2) is 7.86. The van der Waals surface area contributed by atoms with E-state index in [2.05, 4.69) is 11.9 Å². The third-order valence-corrected chi connectivity index (χ3v) is 3.46. The normalized spacial score (nSPS) is 19.4. The van der Waals surface area contributed by atoms with Crippen molar-refractivity contribution in [2.75, 3.05) is 6.54 Å². The largest absolute Gasteiger partial charge is 0.393 e. The monoisotopic (exact) mass is 225 g/mol. The lowest BCUT2D eigenvalue weighted by atomic mass is 10.1. The molecule has 2 nitrogen and oxygen atoms in total. The summed E-state index contributed by atoms with van der Waals surface area (Å²) in [6.45, 7) is 6.87. The Hall–Kier alpha value is -0.340. The molecule has 2 unspecified atom stereocenters. The molecule has 16 heavy (non-hydrogen) atoms. The zero-order chi connectivity index (χ0) is 11.8. The van der Waals surface area contributed by atoms with Crippen LogP contribution in [0.15, 0.2) is 12.7 Å². The highest BCUT2D eigenvalue weighted by molar-refractivity contribution is 4.87. The highest BCUT2D eigenvalue weighted by Crippen LogP contribution is 2.34. The lowest BCUT2D eigenvalue weighted by molar-refractivity contribution is 0.157. The molecular weight excluding hydrogens is 198 g/mol. The van der Waals surface area contributed by atoms with Crippen molar-refractivity contribution < 1.29 is 5.11 Å². The lowest BCUT2D eigenvalue weighted by Crippen LogP contribution is -2.32. The summed E-state index contributed by atoms with van der Waals surface area (Å²) >= 11 is 0. The molecule has 2 atom stereocenters. The molecule has 0 aliphatic heterocycles. The Balaban J connectivity index is 2.05. The lowest BCUT2D eigenvalue weighted by Gasteiger charge is -2.18. The van der Waals surface area contributed by atoms with E-state index in [-0.39, 0.29) is 6.10 Å². The number of allylic oxidation sites excluding steroid dienone is 1. The van der Waals surface area contributed by atoms with Gasteiger partial charge in [-0.25, -0.2) is 0 Å². The second-order valence-electron chi connectivity index (χ2n) is 4.97. The maximum absolute atomic E-state index is 9.45. The minimum Gasteiger partial charge on any atom is -0.393 e. The van der Waals surface area contributed by atoms with Gasteiger partial charge in [0.15, 0.2) is 0 Å². The molecule has 1 rings (SSSR count). The molecule has 0 aromatic carbocycles. The Bertz CT molecular complexity index is 189. The molecule has 0 bridgehead atoms. The summed E-state index contributed by atoms with van der Waals surface area (Å²) in [4.78, 5) is 0. The Morgan fingerprint density at radius 2 is 2.19 bits per heavy atom. The average molecular weight is 225 g/mol. The second-order valence-corrected chi connectivity index (χ2v) is 4.97. The van der Waals surface area contributed by atoms with E-state index in [9.17, 15) is 5.11 Å². The minimum atomic E-state index is -0.102. The highest BCUT2D eigenvalue weighted by atomic mass is 16.3. The SMILES string of the molecule is C=CCCC(NCCCC(O)CC)C1CC1. The Morgan fingerprint density at radius 1 is 1.44 bits per heavy atom. The van der Waals surface area contributed by atoms with Gasteiger partial charge in [-0.1, -0.05) is 13.0 Å². The Morgan fingerprint density at radius 3 is 2.75 bits per heavy atom. The zero-order valence-corrected chi connectivity index (χ0v) is 10.6. The van der Waals surface area contributed by atoms with Crippen molar-refractivity contribution in [2.24, 2.45) is 5.92 Å². The molecule has 1 fully saturated rings. The molecule has 2 heteroatoms. The molecule has 0 spiro atoms. The summed E-state index contributed by atoms with van der Waals surface area (Å²) in [5.74, 6) is 0.913. The van der Waals surface area contributed by atoms with Crippen LogP contribution in [-0.4, -0.2) is 23.8 Å². The van der Waals surface area contributed by atoms with Crippen molar-refractivity contribution in [3.8, 4) is 0 Å². The van der Waals surface area contributed by atoms with Crippen LogP contribution >= 0.6 is 0 Å². The first-order chi connectivity index (χ1) is 7.77. The van der Waals surface area contributed by atoms with Crippen molar-refractivity contribution >= 4 is 0 Å². The predicted molar refractivity (Wildman–Crippen MR) is 69.5 cm³/mol. The van der Waals surface area contributed by atoms with Gasteiger partial charge in [0, 0.05) is 6.04 Å². The predicted octanol–water partition coefficient (Wildman–Crippen LogP) is 2.87. The smallest absolute Gasteiger partial charge is 0.0538 e. The Labute approximate surface area is 100 Å². The molecule has 1 aliphatic carbocycles. The molecule has 0 heterocycles. The molecule has 0 aromatic rings. The van der Waals surface area contributed by atoms with E-state index in [4.69, 9.17) is 0 Å². The van der Waals surface area contributed by atoms with Gasteiger partial charge in [0.25, 0.3) is 0 Å². The fraction of sp³-hybridized carbons (Fsp3) is 0.857. The molecular formula is C14H27NO. The van der Waals surface area contributed by atoms with Crippen LogP contribution < -0.4 is 5.32 Å². The number of aliphatic hydroxyl groups excluding tert-OH is 1. The van der Waals surface area contributed by atoms with E-state index < -0.39 is 0 Å². The van der Waals surface area contributed by atoms with Gasteiger partial charge in [-0.3, -0.25) is 0 Å². The van der Waals surface area contributed by atoms with Gasteiger partial charge < -0.3 is 10.4 Å². The van der Waals surface area contributed by atoms with Gasteiger partial charge in [-0.2, -0.15) is 0 Å². The summed E-state index contributed by atoms with van der Waals surface area (Å²) < 4.78 is 0. The quantitative estimate of drug-likeness (QED) is 0.442. The summed E-state index contributed by atoms with van der Waals surface area (Å²) in [5, 5.41) is 13.1. The van der Waals surface area contributed by atoms with Gasteiger partial charge in [0.05, 0.1) is 6.10 Å². The first kappa shape index (κ1) is 13.7. The molecule has 94 valence electrons. The number of nitrogens with one attached hydrogen (secondary N) is 1. The summed E-state index contributed by atoms with van der Waals surface area (Å²) in [6.07, 6.45) is 9.94. The van der Waals surface area contributed by atoms with Gasteiger partial charge in [0.1, 0.15) is 0 Å². The summed E-state index contributed by atoms with van der Waals surface area (Å²) in [7, 11) is 0. The van der Waals surface area contributed by atoms with Crippen LogP contribution in [0.2, 0.25) is 0 Å². The van der Waals surface area contributed by atoms with Crippen LogP contribution in [0.4, 0.5) is 0 Å². The molecule has 2 N–H and O–H groups in total. The molecule has 0 saturated heterocycles. The molecule has 0 amide bonds. The molecule has 0 aromatic heterocycles. The number of rotatable bonds is 10. The third-order valence-electron chi connectivity index (χ3n) is 3.46. The maximum Gasteiger partial charge on any atom is 0.0538 e. The molecule has 1 aliphatic rings. The maximum atomic E-state index is 9.45. The van der Waals surface area contributed by atoms with Gasteiger partial charge in [-0.05, 0) is 57.4 Å². The summed E-state index contributed by atoms with van der Waals surface area (Å²) in [6, 6.07) is 0.691. The Kier molecular flexibility index (Phi) is 6.74. The van der Waals surface area contributed by atoms with Crippen LogP contribution in [0.5, 0.6) is 0 Å². The molecule has 1 saturated carbocycles. The van der Waals surface area contributed by atoms with Crippen LogP contribution in [0, 0.1) is 5.92 Å². The zero-order valence-electron chi connectivity index (χ0n) is 10.6.